The SMILES string of the molecule is COC(=O)N1CCC(c2noc(-c3ccc4cnn(C(CO)CO)c4c3)n2)CC1. The smallest absolute Gasteiger partial charge is 0.409 e. The Balaban J connectivity index is 1.54. The van der Waals surface area contributed by atoms with Gasteiger partial charge in [0.1, 0.15) is 0 Å². The van der Waals surface area contributed by atoms with Gasteiger partial charge in [-0.05, 0) is 25.0 Å². The number of nitrogens with zero attached hydrogens (tertiary/aromatic N) is 5. The molecule has 154 valence electrons. The summed E-state index contributed by atoms with van der Waals surface area (Å²) in [5, 5.41) is 28.2. The third-order valence-electron chi connectivity index (χ3n) is 5.35. The second kappa shape index (κ2) is 8.18. The number of likely N-dealkylation sites (tertiary alicyclic amines) is 1. The number of benzene rings is 1. The summed E-state index contributed by atoms with van der Waals surface area (Å²) < 4.78 is 11.8. The maximum Gasteiger partial charge on any atom is 0.409 e. The normalized spacial score (nSPS) is 15.4. The molecule has 2 aromatic heterocycles. The maximum atomic E-state index is 11.6. The highest BCUT2D eigenvalue weighted by molar-refractivity contribution is 5.83. The quantitative estimate of drug-likeness (QED) is 0.659. The summed E-state index contributed by atoms with van der Waals surface area (Å²) in [5.41, 5.74) is 1.50. The third kappa shape index (κ3) is 3.68. The van der Waals surface area contributed by atoms with E-state index in [4.69, 9.17) is 9.26 Å². The molecule has 0 atom stereocenters. The second-order valence-corrected chi connectivity index (χ2v) is 7.07. The van der Waals surface area contributed by atoms with Gasteiger partial charge in [-0.2, -0.15) is 10.1 Å². The van der Waals surface area contributed by atoms with E-state index >= 15 is 0 Å². The number of fused-ring (bicyclic) bond motifs is 1. The first kappa shape index (κ1) is 19.3. The lowest BCUT2D eigenvalue weighted by atomic mass is 9.96. The molecular weight excluding hydrogens is 378 g/mol. The van der Waals surface area contributed by atoms with Gasteiger partial charge < -0.3 is 24.4 Å². The average molecular weight is 401 g/mol. The summed E-state index contributed by atoms with van der Waals surface area (Å²) in [5.74, 6) is 1.15. The molecule has 29 heavy (non-hydrogen) atoms. The van der Waals surface area contributed by atoms with E-state index in [0.717, 1.165) is 29.3 Å². The van der Waals surface area contributed by atoms with E-state index in [9.17, 15) is 15.0 Å². The van der Waals surface area contributed by atoms with Crippen molar-refractivity contribution in [2.24, 2.45) is 0 Å². The fraction of sp³-hybridized carbons (Fsp3) is 0.474. The third-order valence-corrected chi connectivity index (χ3v) is 5.35. The van der Waals surface area contributed by atoms with E-state index in [1.807, 2.05) is 18.2 Å². The van der Waals surface area contributed by atoms with Crippen molar-refractivity contribution in [3.8, 4) is 11.5 Å². The van der Waals surface area contributed by atoms with Crippen LogP contribution in [0.2, 0.25) is 0 Å². The van der Waals surface area contributed by atoms with Crippen molar-refractivity contribution in [3.63, 3.8) is 0 Å². The Morgan fingerprint density at radius 1 is 1.31 bits per heavy atom. The molecule has 10 heteroatoms. The lowest BCUT2D eigenvalue weighted by Gasteiger charge is -2.29. The maximum absolute atomic E-state index is 11.6. The number of methoxy groups -OCH3 is 1. The number of carbonyl (C=O) groups is 1. The van der Waals surface area contributed by atoms with Gasteiger partial charge in [0, 0.05) is 30.0 Å². The first-order valence-corrected chi connectivity index (χ1v) is 9.50. The molecule has 1 aromatic carbocycles. The topological polar surface area (TPSA) is 127 Å². The molecule has 4 rings (SSSR count). The number of aliphatic hydroxyl groups excluding tert-OH is 2. The predicted molar refractivity (Wildman–Crippen MR) is 102 cm³/mol. The highest BCUT2D eigenvalue weighted by Crippen LogP contribution is 2.30. The van der Waals surface area contributed by atoms with Crippen molar-refractivity contribution >= 4 is 17.0 Å². The summed E-state index contributed by atoms with van der Waals surface area (Å²) in [6, 6.07) is 5.11. The monoisotopic (exact) mass is 401 g/mol. The summed E-state index contributed by atoms with van der Waals surface area (Å²) in [7, 11) is 1.38. The minimum atomic E-state index is -0.513. The largest absolute Gasteiger partial charge is 0.453 e. The molecule has 1 amide bonds. The first-order chi connectivity index (χ1) is 14.1. The number of rotatable bonds is 5. The standard InChI is InChI=1S/C19H23N5O5/c1-28-19(27)23-6-4-12(5-7-23)17-21-18(29-22-17)13-2-3-14-9-20-24(16(14)8-13)15(10-25)11-26/h2-3,8-9,12,15,25-26H,4-7,10-11H2,1H3. The number of ether oxygens (including phenoxy) is 1. The van der Waals surface area contributed by atoms with Crippen LogP contribution in [0.5, 0.6) is 0 Å². The van der Waals surface area contributed by atoms with Crippen molar-refractivity contribution in [1.29, 1.82) is 0 Å². The number of amides is 1. The van der Waals surface area contributed by atoms with Crippen LogP contribution in [0, 0.1) is 0 Å². The molecule has 1 saturated heterocycles. The van der Waals surface area contributed by atoms with Crippen LogP contribution in [-0.4, -0.2) is 74.5 Å². The molecule has 1 fully saturated rings. The number of hydrogen-bond acceptors (Lipinski definition) is 8. The van der Waals surface area contributed by atoms with Crippen LogP contribution in [0.15, 0.2) is 28.9 Å². The van der Waals surface area contributed by atoms with Crippen LogP contribution in [0.4, 0.5) is 4.79 Å². The van der Waals surface area contributed by atoms with E-state index in [-0.39, 0.29) is 25.2 Å². The Hall–Kier alpha value is -2.98. The van der Waals surface area contributed by atoms with Crippen LogP contribution in [0.25, 0.3) is 22.4 Å². The number of aromatic nitrogens is 4. The zero-order valence-electron chi connectivity index (χ0n) is 16.1. The van der Waals surface area contributed by atoms with Crippen molar-refractivity contribution in [2.45, 2.75) is 24.8 Å². The first-order valence-electron chi connectivity index (χ1n) is 9.50. The van der Waals surface area contributed by atoms with Gasteiger partial charge in [0.25, 0.3) is 5.89 Å². The lowest BCUT2D eigenvalue weighted by molar-refractivity contribution is 0.111. The summed E-state index contributed by atoms with van der Waals surface area (Å²) >= 11 is 0. The summed E-state index contributed by atoms with van der Waals surface area (Å²) in [6.45, 7) is 0.755. The molecule has 0 saturated carbocycles. The number of aliphatic hydroxyl groups is 2. The van der Waals surface area contributed by atoms with Crippen LogP contribution in [-0.2, 0) is 4.74 Å². The van der Waals surface area contributed by atoms with Crippen molar-refractivity contribution in [1.82, 2.24) is 24.8 Å². The second-order valence-electron chi connectivity index (χ2n) is 7.07. The Bertz CT molecular complexity index is 988. The van der Waals surface area contributed by atoms with Crippen LogP contribution in [0.1, 0.15) is 30.6 Å². The van der Waals surface area contributed by atoms with Gasteiger partial charge in [-0.3, -0.25) is 4.68 Å². The van der Waals surface area contributed by atoms with Gasteiger partial charge in [0.2, 0.25) is 0 Å². The molecule has 2 N–H and O–H groups in total. The van der Waals surface area contributed by atoms with Crippen molar-refractivity contribution < 1.29 is 24.3 Å². The number of piperidine rings is 1. The molecule has 0 radical (unpaired) electrons. The molecule has 1 aliphatic rings. The molecule has 10 nitrogen and oxygen atoms in total. The van der Waals surface area contributed by atoms with Crippen LogP contribution < -0.4 is 0 Å². The van der Waals surface area contributed by atoms with Crippen LogP contribution in [0.3, 0.4) is 0 Å². The molecule has 0 spiro atoms. The zero-order valence-corrected chi connectivity index (χ0v) is 16.1. The molecular formula is C19H23N5O5. The molecule has 3 aromatic rings. The van der Waals surface area contributed by atoms with E-state index in [0.29, 0.717) is 24.8 Å². The Kier molecular flexibility index (Phi) is 5.45. The average Bonchev–Trinajstić information content (AvgIpc) is 3.42. The molecule has 0 aliphatic carbocycles. The van der Waals surface area contributed by atoms with Crippen molar-refractivity contribution in [3.05, 3.63) is 30.2 Å². The number of carbonyl (C=O) groups excluding carboxylic acids is 1. The minimum absolute atomic E-state index is 0.121. The fourth-order valence-corrected chi connectivity index (χ4v) is 3.64. The highest BCUT2D eigenvalue weighted by Gasteiger charge is 2.27. The van der Waals surface area contributed by atoms with E-state index in [2.05, 4.69) is 15.2 Å². The summed E-state index contributed by atoms with van der Waals surface area (Å²) in [6.07, 6.45) is 2.86. The van der Waals surface area contributed by atoms with Crippen LogP contribution >= 0.6 is 0 Å². The van der Waals surface area contributed by atoms with E-state index in [1.54, 1.807) is 15.8 Å². The van der Waals surface area contributed by atoms with Crippen molar-refractivity contribution in [2.75, 3.05) is 33.4 Å². The van der Waals surface area contributed by atoms with E-state index < -0.39 is 6.04 Å². The minimum Gasteiger partial charge on any atom is -0.453 e. The summed E-state index contributed by atoms with van der Waals surface area (Å²) in [4.78, 5) is 17.8. The molecule has 0 bridgehead atoms. The Morgan fingerprint density at radius 2 is 2.07 bits per heavy atom. The van der Waals surface area contributed by atoms with Gasteiger partial charge in [-0.1, -0.05) is 11.2 Å². The number of hydrogen-bond donors (Lipinski definition) is 2. The van der Waals surface area contributed by atoms with Gasteiger partial charge in [0.05, 0.1) is 38.1 Å². The highest BCUT2D eigenvalue weighted by atomic mass is 16.5. The Labute approximate surface area is 166 Å². The molecule has 1 aliphatic heterocycles. The van der Waals surface area contributed by atoms with Gasteiger partial charge >= 0.3 is 6.09 Å². The zero-order chi connectivity index (χ0) is 20.4. The van der Waals surface area contributed by atoms with Gasteiger partial charge in [-0.15, -0.1) is 0 Å². The molecule has 0 unspecified atom stereocenters. The molecule has 3 heterocycles. The lowest BCUT2D eigenvalue weighted by Crippen LogP contribution is -2.37. The van der Waals surface area contributed by atoms with Gasteiger partial charge in [0.15, 0.2) is 5.82 Å². The van der Waals surface area contributed by atoms with Gasteiger partial charge in [-0.25, -0.2) is 4.79 Å². The predicted octanol–water partition coefficient (Wildman–Crippen LogP) is 1.56. The Morgan fingerprint density at radius 3 is 2.76 bits per heavy atom. The fourth-order valence-electron chi connectivity index (χ4n) is 3.64. The van der Waals surface area contributed by atoms with E-state index in [1.165, 1.54) is 7.11 Å².